The zero-order valence-electron chi connectivity index (χ0n) is 10.9. The highest BCUT2D eigenvalue weighted by atomic mass is 79.9. The second kappa shape index (κ2) is 5.96. The van der Waals surface area contributed by atoms with Gasteiger partial charge in [-0.3, -0.25) is 4.68 Å². The Hall–Kier alpha value is -1.01. The third-order valence-electron chi connectivity index (χ3n) is 2.77. The molecule has 0 fully saturated rings. The second-order valence-corrected chi connectivity index (χ2v) is 5.70. The maximum absolute atomic E-state index is 5.80. The number of halogens is 2. The number of benzene rings is 1. The molecular weight excluding hydrogens is 376 g/mol. The van der Waals surface area contributed by atoms with Crippen LogP contribution in [0.3, 0.4) is 0 Å². The van der Waals surface area contributed by atoms with Crippen LogP contribution in [0.2, 0.25) is 0 Å². The Bertz CT molecular complexity index is 597. The van der Waals surface area contributed by atoms with Gasteiger partial charge in [-0.1, -0.05) is 0 Å². The van der Waals surface area contributed by atoms with E-state index < -0.39 is 0 Å². The van der Waals surface area contributed by atoms with Gasteiger partial charge in [0.1, 0.15) is 18.1 Å². The second-order valence-electron chi connectivity index (χ2n) is 4.05. The number of rotatable bonds is 4. The van der Waals surface area contributed by atoms with Crippen molar-refractivity contribution < 1.29 is 9.47 Å². The van der Waals surface area contributed by atoms with Crippen molar-refractivity contribution in [2.45, 2.75) is 13.5 Å². The van der Waals surface area contributed by atoms with Gasteiger partial charge in [0.2, 0.25) is 0 Å². The normalized spacial score (nSPS) is 10.6. The molecule has 2 rings (SSSR count). The van der Waals surface area contributed by atoms with E-state index in [0.29, 0.717) is 6.61 Å². The van der Waals surface area contributed by atoms with Crippen molar-refractivity contribution in [3.63, 3.8) is 0 Å². The fraction of sp³-hybridized carbons (Fsp3) is 0.308. The summed E-state index contributed by atoms with van der Waals surface area (Å²) in [5, 5.41) is 4.33. The molecule has 2 aromatic rings. The number of hydrogen-bond donors (Lipinski definition) is 0. The minimum absolute atomic E-state index is 0.447. The van der Waals surface area contributed by atoms with Crippen LogP contribution >= 0.6 is 31.9 Å². The third kappa shape index (κ3) is 3.12. The monoisotopic (exact) mass is 388 g/mol. The Morgan fingerprint density at radius 3 is 2.58 bits per heavy atom. The minimum Gasteiger partial charge on any atom is -0.497 e. The number of aryl methyl sites for hydroxylation is 2. The van der Waals surface area contributed by atoms with Crippen molar-refractivity contribution in [2.75, 3.05) is 7.11 Å². The number of ether oxygens (including phenoxy) is 2. The molecule has 1 aromatic heterocycles. The zero-order valence-corrected chi connectivity index (χ0v) is 14.1. The molecule has 0 radical (unpaired) electrons. The van der Waals surface area contributed by atoms with Crippen LogP contribution in [0.25, 0.3) is 0 Å². The Morgan fingerprint density at radius 2 is 2.05 bits per heavy atom. The first kappa shape index (κ1) is 14.4. The molecule has 0 bridgehead atoms. The van der Waals surface area contributed by atoms with Crippen LogP contribution in [-0.4, -0.2) is 16.9 Å². The van der Waals surface area contributed by atoms with Crippen LogP contribution in [-0.2, 0) is 13.7 Å². The van der Waals surface area contributed by atoms with Crippen LogP contribution in [0, 0.1) is 6.92 Å². The average Bonchev–Trinajstić information content (AvgIpc) is 2.62. The SMILES string of the molecule is COc1ccc(OCc2c(Br)c(C)nn2C)c(Br)c1. The molecule has 0 N–H and O–H groups in total. The molecule has 0 spiro atoms. The summed E-state index contributed by atoms with van der Waals surface area (Å²) < 4.78 is 14.6. The highest BCUT2D eigenvalue weighted by molar-refractivity contribution is 9.10. The first-order valence-electron chi connectivity index (χ1n) is 5.67. The predicted molar refractivity (Wildman–Crippen MR) is 80.7 cm³/mol. The smallest absolute Gasteiger partial charge is 0.134 e. The lowest BCUT2D eigenvalue weighted by atomic mass is 10.3. The maximum Gasteiger partial charge on any atom is 0.134 e. The number of hydrogen-bond acceptors (Lipinski definition) is 3. The van der Waals surface area contributed by atoms with E-state index in [9.17, 15) is 0 Å². The quantitative estimate of drug-likeness (QED) is 0.796. The summed E-state index contributed by atoms with van der Waals surface area (Å²) in [6.45, 7) is 2.40. The third-order valence-corrected chi connectivity index (χ3v) is 4.42. The Morgan fingerprint density at radius 1 is 1.32 bits per heavy atom. The summed E-state index contributed by atoms with van der Waals surface area (Å²) in [4.78, 5) is 0. The molecular formula is C13H14Br2N2O2. The van der Waals surface area contributed by atoms with E-state index in [-0.39, 0.29) is 0 Å². The van der Waals surface area contributed by atoms with Gasteiger partial charge < -0.3 is 9.47 Å². The average molecular weight is 390 g/mol. The molecule has 0 aliphatic rings. The van der Waals surface area contributed by atoms with Crippen molar-refractivity contribution in [3.05, 3.63) is 38.5 Å². The van der Waals surface area contributed by atoms with Crippen LogP contribution in [0.4, 0.5) is 0 Å². The van der Waals surface area contributed by atoms with Crippen molar-refractivity contribution in [1.29, 1.82) is 0 Å². The van der Waals surface area contributed by atoms with E-state index in [2.05, 4.69) is 37.0 Å². The summed E-state index contributed by atoms with van der Waals surface area (Å²) in [5.41, 5.74) is 1.95. The summed E-state index contributed by atoms with van der Waals surface area (Å²) >= 11 is 6.99. The predicted octanol–water partition coefficient (Wildman–Crippen LogP) is 3.84. The molecule has 0 amide bonds. The summed E-state index contributed by atoms with van der Waals surface area (Å²) in [7, 11) is 3.54. The van der Waals surface area contributed by atoms with Gasteiger partial charge in [0.25, 0.3) is 0 Å². The molecule has 0 saturated heterocycles. The molecule has 0 unspecified atom stereocenters. The van der Waals surface area contributed by atoms with Crippen molar-refractivity contribution in [3.8, 4) is 11.5 Å². The van der Waals surface area contributed by atoms with Crippen molar-refractivity contribution >= 4 is 31.9 Å². The molecule has 102 valence electrons. The first-order chi connectivity index (χ1) is 9.02. The summed E-state index contributed by atoms with van der Waals surface area (Å²) in [5.74, 6) is 1.56. The van der Waals surface area contributed by atoms with Crippen molar-refractivity contribution in [1.82, 2.24) is 9.78 Å². The highest BCUT2D eigenvalue weighted by Gasteiger charge is 2.12. The Kier molecular flexibility index (Phi) is 4.52. The van der Waals surface area contributed by atoms with Crippen LogP contribution in [0.15, 0.2) is 27.1 Å². The molecule has 1 heterocycles. The van der Waals surface area contributed by atoms with E-state index in [0.717, 1.165) is 31.8 Å². The molecule has 6 heteroatoms. The fourth-order valence-electron chi connectivity index (χ4n) is 1.71. The molecule has 0 saturated carbocycles. The first-order valence-corrected chi connectivity index (χ1v) is 7.26. The lowest BCUT2D eigenvalue weighted by molar-refractivity contribution is 0.291. The van der Waals surface area contributed by atoms with Gasteiger partial charge in [-0.2, -0.15) is 5.10 Å². The molecule has 0 aliphatic heterocycles. The number of aromatic nitrogens is 2. The van der Waals surface area contributed by atoms with Crippen molar-refractivity contribution in [2.24, 2.45) is 7.05 Å². The van der Waals surface area contributed by atoms with Gasteiger partial charge in [0.05, 0.1) is 27.4 Å². The van der Waals surface area contributed by atoms with Gasteiger partial charge in [-0.25, -0.2) is 0 Å². The highest BCUT2D eigenvalue weighted by Crippen LogP contribution is 2.30. The van der Waals surface area contributed by atoms with Gasteiger partial charge in [0, 0.05) is 7.05 Å². The lowest BCUT2D eigenvalue weighted by Gasteiger charge is -2.10. The Balaban J connectivity index is 2.14. The molecule has 0 aliphatic carbocycles. The zero-order chi connectivity index (χ0) is 14.0. The summed E-state index contributed by atoms with van der Waals surface area (Å²) in [6.07, 6.45) is 0. The van der Waals surface area contributed by atoms with E-state index in [1.165, 1.54) is 0 Å². The maximum atomic E-state index is 5.80. The van der Waals surface area contributed by atoms with E-state index in [1.54, 1.807) is 7.11 Å². The van der Waals surface area contributed by atoms with Gasteiger partial charge >= 0.3 is 0 Å². The Labute approximate surface area is 129 Å². The topological polar surface area (TPSA) is 36.3 Å². The number of nitrogens with zero attached hydrogens (tertiary/aromatic N) is 2. The van der Waals surface area contributed by atoms with E-state index >= 15 is 0 Å². The largest absolute Gasteiger partial charge is 0.497 e. The molecule has 1 aromatic carbocycles. The summed E-state index contributed by atoms with van der Waals surface area (Å²) in [6, 6.07) is 5.61. The van der Waals surface area contributed by atoms with Crippen LogP contribution < -0.4 is 9.47 Å². The van der Waals surface area contributed by atoms with Gasteiger partial charge in [0.15, 0.2) is 0 Å². The standard InChI is InChI=1S/C13H14Br2N2O2/c1-8-13(15)11(17(2)16-8)7-19-12-5-4-9(18-3)6-10(12)14/h4-6H,7H2,1-3H3. The van der Waals surface area contributed by atoms with E-state index in [4.69, 9.17) is 9.47 Å². The lowest BCUT2D eigenvalue weighted by Crippen LogP contribution is -2.04. The van der Waals surface area contributed by atoms with Gasteiger partial charge in [-0.05, 0) is 57.0 Å². The van der Waals surface area contributed by atoms with Gasteiger partial charge in [-0.15, -0.1) is 0 Å². The van der Waals surface area contributed by atoms with Crippen LogP contribution in [0.5, 0.6) is 11.5 Å². The number of methoxy groups -OCH3 is 1. The molecule has 19 heavy (non-hydrogen) atoms. The molecule has 0 atom stereocenters. The minimum atomic E-state index is 0.447. The molecule has 4 nitrogen and oxygen atoms in total. The van der Waals surface area contributed by atoms with Crippen LogP contribution in [0.1, 0.15) is 11.4 Å². The fourth-order valence-corrected chi connectivity index (χ4v) is 2.63. The van der Waals surface area contributed by atoms with E-state index in [1.807, 2.05) is 36.9 Å².